The number of hydrogen-bond acceptors (Lipinski definition) is 9. The molecule has 1 aliphatic heterocycles. The molecule has 0 saturated carbocycles. The summed E-state index contributed by atoms with van der Waals surface area (Å²) in [4.78, 5) is 78.4. The Balaban J connectivity index is 1.64. The molecule has 3 amide bonds. The van der Waals surface area contributed by atoms with Gasteiger partial charge in [0.25, 0.3) is 11.8 Å². The zero-order chi connectivity index (χ0) is 34.3. The monoisotopic (exact) mass is 644 g/mol. The van der Waals surface area contributed by atoms with Gasteiger partial charge in [0.1, 0.15) is 17.2 Å². The van der Waals surface area contributed by atoms with Crippen LogP contribution < -0.4 is 5.32 Å². The first-order chi connectivity index (χ1) is 21.5. The van der Waals surface area contributed by atoms with Gasteiger partial charge in [-0.05, 0) is 84.9 Å². The Morgan fingerprint density at radius 2 is 1.26 bits per heavy atom. The molecule has 0 bridgehead atoms. The minimum absolute atomic E-state index is 0.0475. The van der Waals surface area contributed by atoms with Gasteiger partial charge in [0.15, 0.2) is 0 Å². The molecule has 0 unspecified atom stereocenters. The summed E-state index contributed by atoms with van der Waals surface area (Å²) in [5.74, 6) is -3.44. The van der Waals surface area contributed by atoms with Crippen molar-refractivity contribution >= 4 is 35.6 Å². The van der Waals surface area contributed by atoms with Crippen LogP contribution in [0.2, 0.25) is 0 Å². The number of amides is 3. The maximum Gasteiger partial charge on any atom is 0.355 e. The van der Waals surface area contributed by atoms with Crippen LogP contribution in [0.5, 0.6) is 0 Å². The number of nitrogens with one attached hydrogen (secondary N) is 1. The molecule has 1 N–H and O–H groups in total. The fourth-order valence-corrected chi connectivity index (χ4v) is 4.80. The first-order valence-corrected chi connectivity index (χ1v) is 16.4. The van der Waals surface area contributed by atoms with Gasteiger partial charge >= 0.3 is 17.9 Å². The number of benzene rings is 1. The summed E-state index contributed by atoms with van der Waals surface area (Å²) in [6.07, 6.45) is 8.80. The molecule has 0 aliphatic carbocycles. The summed E-state index contributed by atoms with van der Waals surface area (Å²) in [7, 11) is 0. The third kappa shape index (κ3) is 15.5. The van der Waals surface area contributed by atoms with Gasteiger partial charge < -0.3 is 19.6 Å². The summed E-state index contributed by atoms with van der Waals surface area (Å²) in [6, 6.07) is 6.40. The maximum absolute atomic E-state index is 12.8. The number of ether oxygens (including phenoxy) is 2. The molecule has 1 atom stereocenters. The quantitative estimate of drug-likeness (QED) is 0.117. The van der Waals surface area contributed by atoms with E-state index in [4.69, 9.17) is 14.3 Å². The lowest BCUT2D eigenvalue weighted by molar-refractivity contribution is -0.199. The normalized spacial score (nSPS) is 14.2. The van der Waals surface area contributed by atoms with Crippen LogP contribution in [0.4, 0.5) is 0 Å². The van der Waals surface area contributed by atoms with E-state index in [-0.39, 0.29) is 44.0 Å². The highest BCUT2D eigenvalue weighted by molar-refractivity contribution is 6.02. The second-order valence-electron chi connectivity index (χ2n) is 13.8. The molecule has 1 aliphatic rings. The third-order valence-electron chi connectivity index (χ3n) is 7.07. The average Bonchev–Trinajstić information content (AvgIpc) is 3.26. The molecule has 11 heteroatoms. The summed E-state index contributed by atoms with van der Waals surface area (Å²) in [5, 5.41) is 3.03. The van der Waals surface area contributed by atoms with Crippen LogP contribution in [-0.2, 0) is 44.7 Å². The minimum Gasteiger partial charge on any atom is -0.460 e. The van der Waals surface area contributed by atoms with Gasteiger partial charge in [0, 0.05) is 25.7 Å². The van der Waals surface area contributed by atoms with Crippen molar-refractivity contribution in [2.45, 2.75) is 149 Å². The number of imide groups is 1. The number of hydroxylamine groups is 2. The van der Waals surface area contributed by atoms with Crippen LogP contribution in [0.3, 0.4) is 0 Å². The Morgan fingerprint density at radius 1 is 0.739 bits per heavy atom. The number of rotatable bonds is 18. The second kappa shape index (κ2) is 18.4. The van der Waals surface area contributed by atoms with E-state index in [0.717, 1.165) is 51.4 Å². The topological polar surface area (TPSA) is 145 Å². The van der Waals surface area contributed by atoms with Crippen molar-refractivity contribution in [2.24, 2.45) is 0 Å². The van der Waals surface area contributed by atoms with Crippen molar-refractivity contribution in [1.29, 1.82) is 0 Å². The van der Waals surface area contributed by atoms with E-state index in [1.165, 1.54) is 5.56 Å². The molecule has 1 fully saturated rings. The molecule has 1 aromatic rings. The predicted molar refractivity (Wildman–Crippen MR) is 171 cm³/mol. The summed E-state index contributed by atoms with van der Waals surface area (Å²) >= 11 is 0. The lowest BCUT2D eigenvalue weighted by atomic mass is 10.0. The van der Waals surface area contributed by atoms with Crippen LogP contribution in [0, 0.1) is 0 Å². The van der Waals surface area contributed by atoms with Gasteiger partial charge in [0.05, 0.1) is 5.56 Å². The third-order valence-corrected chi connectivity index (χ3v) is 7.07. The second-order valence-corrected chi connectivity index (χ2v) is 13.8. The fourth-order valence-electron chi connectivity index (χ4n) is 4.80. The molecule has 1 saturated heterocycles. The van der Waals surface area contributed by atoms with Crippen LogP contribution in [0.1, 0.15) is 141 Å². The number of esters is 2. The zero-order valence-electron chi connectivity index (χ0n) is 28.4. The van der Waals surface area contributed by atoms with E-state index >= 15 is 0 Å². The lowest BCUT2D eigenvalue weighted by Gasteiger charge is -2.22. The van der Waals surface area contributed by atoms with E-state index in [1.54, 1.807) is 20.8 Å². The number of carbonyl (C=O) groups excluding carboxylic acids is 6. The smallest absolute Gasteiger partial charge is 0.355 e. The van der Waals surface area contributed by atoms with Crippen molar-refractivity contribution < 1.29 is 43.1 Å². The molecule has 46 heavy (non-hydrogen) atoms. The lowest BCUT2D eigenvalue weighted by Crippen LogP contribution is -2.45. The molecule has 0 radical (unpaired) electrons. The van der Waals surface area contributed by atoms with E-state index in [2.05, 4.69) is 5.32 Å². The van der Waals surface area contributed by atoms with Gasteiger partial charge in [-0.25, -0.2) is 9.59 Å². The SMILES string of the molecule is CC(C)(C)OC(=O)CC[C@H](NC(=O)CCCCCCCCCCc1ccc(C(=O)OC(C)(C)C)cc1)C(=O)ON1C(=O)CCC1=O. The van der Waals surface area contributed by atoms with E-state index < -0.39 is 41.0 Å². The van der Waals surface area contributed by atoms with Crippen molar-refractivity contribution in [2.75, 3.05) is 0 Å². The Kier molecular flexibility index (Phi) is 15.4. The Hall–Kier alpha value is -3.76. The minimum atomic E-state index is -1.20. The van der Waals surface area contributed by atoms with Gasteiger partial charge in [-0.15, -0.1) is 5.06 Å². The van der Waals surface area contributed by atoms with Crippen molar-refractivity contribution in [3.63, 3.8) is 0 Å². The number of nitrogens with zero attached hydrogens (tertiary/aromatic N) is 1. The van der Waals surface area contributed by atoms with E-state index in [1.807, 2.05) is 45.0 Å². The van der Waals surface area contributed by atoms with Crippen molar-refractivity contribution in [1.82, 2.24) is 10.4 Å². The van der Waals surface area contributed by atoms with Gasteiger partial charge in [-0.1, -0.05) is 50.7 Å². The molecular weight excluding hydrogens is 592 g/mol. The Morgan fingerprint density at radius 3 is 1.80 bits per heavy atom. The summed E-state index contributed by atoms with van der Waals surface area (Å²) < 4.78 is 10.7. The molecule has 0 aromatic heterocycles. The average molecular weight is 645 g/mol. The summed E-state index contributed by atoms with van der Waals surface area (Å²) in [5.41, 5.74) is 0.538. The van der Waals surface area contributed by atoms with E-state index in [0.29, 0.717) is 17.0 Å². The van der Waals surface area contributed by atoms with Gasteiger partial charge in [0.2, 0.25) is 5.91 Å². The molecular formula is C35H52N2O9. The molecule has 11 nitrogen and oxygen atoms in total. The summed E-state index contributed by atoms with van der Waals surface area (Å²) in [6.45, 7) is 10.7. The Labute approximate surface area is 273 Å². The number of carbonyl (C=O) groups is 6. The molecule has 1 heterocycles. The Bertz CT molecular complexity index is 1180. The molecule has 1 aromatic carbocycles. The van der Waals surface area contributed by atoms with Crippen LogP contribution in [0.25, 0.3) is 0 Å². The largest absolute Gasteiger partial charge is 0.460 e. The van der Waals surface area contributed by atoms with Crippen LogP contribution >= 0.6 is 0 Å². The van der Waals surface area contributed by atoms with Crippen LogP contribution in [-0.4, -0.2) is 57.9 Å². The van der Waals surface area contributed by atoms with Crippen molar-refractivity contribution in [3.05, 3.63) is 35.4 Å². The molecule has 2 rings (SSSR count). The highest BCUT2D eigenvalue weighted by Crippen LogP contribution is 2.17. The first-order valence-electron chi connectivity index (χ1n) is 16.4. The number of aryl methyl sites for hydroxylation is 1. The van der Waals surface area contributed by atoms with E-state index in [9.17, 15) is 28.8 Å². The standard InChI is InChI=1S/C35H52N2O9/c1-34(2,3)44-31(41)24-21-27(33(43)46-37-29(39)22-23-30(37)40)36-28(38)16-14-12-10-8-7-9-11-13-15-25-17-19-26(20-18-25)32(42)45-35(4,5)6/h17-20,27H,7-16,21-24H2,1-6H3,(H,36,38)/t27-/m0/s1. The number of unbranched alkanes of at least 4 members (excludes halogenated alkanes) is 7. The predicted octanol–water partition coefficient (Wildman–Crippen LogP) is 5.91. The highest BCUT2D eigenvalue weighted by Gasteiger charge is 2.35. The van der Waals surface area contributed by atoms with Gasteiger partial charge in [-0.2, -0.15) is 0 Å². The zero-order valence-corrected chi connectivity index (χ0v) is 28.4. The van der Waals surface area contributed by atoms with Crippen molar-refractivity contribution in [3.8, 4) is 0 Å². The number of hydrogen-bond donors (Lipinski definition) is 1. The molecule has 0 spiro atoms. The van der Waals surface area contributed by atoms with Gasteiger partial charge in [-0.3, -0.25) is 19.2 Å². The first kappa shape index (κ1) is 38.4. The van der Waals surface area contributed by atoms with Crippen LogP contribution in [0.15, 0.2) is 24.3 Å². The fraction of sp³-hybridized carbons (Fsp3) is 0.657. The maximum atomic E-state index is 12.8. The highest BCUT2D eigenvalue weighted by atomic mass is 16.7. The molecule has 256 valence electrons.